The molecule has 0 spiro atoms. The van der Waals surface area contributed by atoms with Gasteiger partial charge in [0.2, 0.25) is 0 Å². The van der Waals surface area contributed by atoms with Gasteiger partial charge in [-0.1, -0.05) is 0 Å². The number of halogens is 2. The topological polar surface area (TPSA) is 43.4 Å². The summed E-state index contributed by atoms with van der Waals surface area (Å²) in [5, 5.41) is 0. The van der Waals surface area contributed by atoms with Crippen LogP contribution >= 0.6 is 45.2 Å². The predicted molar refractivity (Wildman–Crippen MR) is 66.1 cm³/mol. The first-order valence-corrected chi connectivity index (χ1v) is 6.79. The molecule has 0 bridgehead atoms. The Hall–Kier alpha value is 0.590. The molecule has 72 valence electrons. The second kappa shape index (κ2) is 4.41. The largest absolute Gasteiger partial charge is 0.297 e. The molecule has 0 atom stereocenters. The molecule has 0 aliphatic rings. The van der Waals surface area contributed by atoms with Gasteiger partial charge in [0, 0.05) is 7.14 Å². The Kier molecular flexibility index (Phi) is 3.95. The molecule has 0 N–H and O–H groups in total. The van der Waals surface area contributed by atoms with Crippen LogP contribution in [0.1, 0.15) is 0 Å². The molecule has 1 rings (SSSR count). The highest BCUT2D eigenvalue weighted by molar-refractivity contribution is 14.1. The summed E-state index contributed by atoms with van der Waals surface area (Å²) < 4.78 is 28.6. The van der Waals surface area contributed by atoms with Crippen molar-refractivity contribution in [3.63, 3.8) is 0 Å². The lowest BCUT2D eigenvalue weighted by Crippen LogP contribution is -2.05. The van der Waals surface area contributed by atoms with Crippen molar-refractivity contribution in [3.8, 4) is 0 Å². The molecule has 0 aliphatic carbocycles. The van der Waals surface area contributed by atoms with Gasteiger partial charge in [-0.2, -0.15) is 8.42 Å². The van der Waals surface area contributed by atoms with Crippen LogP contribution in [0.2, 0.25) is 0 Å². The highest BCUT2D eigenvalue weighted by Gasteiger charge is 2.16. The van der Waals surface area contributed by atoms with Crippen molar-refractivity contribution in [3.05, 3.63) is 25.3 Å². The van der Waals surface area contributed by atoms with E-state index in [0.29, 0.717) is 3.57 Å². The van der Waals surface area contributed by atoms with E-state index in [1.54, 1.807) is 12.1 Å². The Morgan fingerprint density at radius 3 is 2.46 bits per heavy atom. The zero-order valence-electron chi connectivity index (χ0n) is 6.62. The Balaban J connectivity index is 3.38. The minimum absolute atomic E-state index is 0.225. The number of hydrogen-bond donors (Lipinski definition) is 0. The van der Waals surface area contributed by atoms with Gasteiger partial charge < -0.3 is 0 Å². The summed E-state index contributed by atoms with van der Waals surface area (Å²) in [6.45, 7) is 0. The molecule has 0 aliphatic heterocycles. The van der Waals surface area contributed by atoms with Gasteiger partial charge >= 0.3 is 0 Å². The maximum Gasteiger partial charge on any atom is 0.297 e. The number of hydrogen-bond acceptors (Lipinski definition) is 3. The fourth-order valence-electron chi connectivity index (χ4n) is 0.759. The Morgan fingerprint density at radius 2 is 1.92 bits per heavy atom. The Morgan fingerprint density at radius 1 is 1.31 bits per heavy atom. The molecular weight excluding hydrogens is 418 g/mol. The first-order valence-electron chi connectivity index (χ1n) is 3.23. The lowest BCUT2D eigenvalue weighted by atomic mass is 10.4. The normalized spacial score (nSPS) is 11.6. The van der Waals surface area contributed by atoms with Crippen molar-refractivity contribution in [2.45, 2.75) is 4.90 Å². The zero-order valence-corrected chi connectivity index (χ0v) is 11.8. The summed E-state index contributed by atoms with van der Waals surface area (Å²) in [7, 11) is -2.41. The maximum absolute atomic E-state index is 11.3. The van der Waals surface area contributed by atoms with E-state index in [1.807, 2.05) is 28.7 Å². The van der Waals surface area contributed by atoms with Crippen LogP contribution in [-0.2, 0) is 14.3 Å². The smallest absolute Gasteiger partial charge is 0.270 e. The first-order chi connectivity index (χ1) is 5.97. The lowest BCUT2D eigenvalue weighted by molar-refractivity contribution is 0.397. The molecule has 0 fully saturated rings. The highest BCUT2D eigenvalue weighted by atomic mass is 127. The van der Waals surface area contributed by atoms with E-state index in [-0.39, 0.29) is 4.90 Å². The molecule has 0 saturated heterocycles. The van der Waals surface area contributed by atoms with Crippen molar-refractivity contribution < 1.29 is 12.6 Å². The summed E-state index contributed by atoms with van der Waals surface area (Å²) in [4.78, 5) is 0.225. The summed E-state index contributed by atoms with van der Waals surface area (Å²) in [5.74, 6) is 0. The van der Waals surface area contributed by atoms with Crippen molar-refractivity contribution in [1.29, 1.82) is 0 Å². The molecule has 0 unspecified atom stereocenters. The summed E-state index contributed by atoms with van der Waals surface area (Å²) >= 11 is 4.02. The van der Waals surface area contributed by atoms with Crippen LogP contribution in [0.5, 0.6) is 0 Å². The third-order valence-electron chi connectivity index (χ3n) is 1.38. The third-order valence-corrected chi connectivity index (χ3v) is 4.67. The summed E-state index contributed by atoms with van der Waals surface area (Å²) in [6.07, 6.45) is 0. The summed E-state index contributed by atoms with van der Waals surface area (Å²) in [6, 6.07) is 5.17. The second-order valence-corrected chi connectivity index (χ2v) is 6.28. The van der Waals surface area contributed by atoms with Gasteiger partial charge in [0.15, 0.2) is 0 Å². The summed E-state index contributed by atoms with van der Waals surface area (Å²) in [5.41, 5.74) is 0. The fourth-order valence-corrected chi connectivity index (χ4v) is 3.36. The molecular formula is C7H6I2O3S. The monoisotopic (exact) mass is 424 g/mol. The van der Waals surface area contributed by atoms with Gasteiger partial charge in [-0.3, -0.25) is 4.18 Å². The molecule has 0 amide bonds. The van der Waals surface area contributed by atoms with E-state index in [0.717, 1.165) is 10.7 Å². The van der Waals surface area contributed by atoms with Crippen LogP contribution in [0, 0.1) is 7.14 Å². The van der Waals surface area contributed by atoms with Gasteiger partial charge in [0.25, 0.3) is 10.1 Å². The van der Waals surface area contributed by atoms with Crippen LogP contribution in [0.4, 0.5) is 0 Å². The average Bonchev–Trinajstić information content (AvgIpc) is 2.09. The van der Waals surface area contributed by atoms with Gasteiger partial charge in [-0.05, 0) is 63.4 Å². The minimum Gasteiger partial charge on any atom is -0.270 e. The van der Waals surface area contributed by atoms with E-state index in [2.05, 4.69) is 26.8 Å². The molecule has 0 saturated carbocycles. The molecule has 1 aromatic carbocycles. The number of rotatable bonds is 2. The van der Waals surface area contributed by atoms with E-state index in [4.69, 9.17) is 0 Å². The van der Waals surface area contributed by atoms with Crippen LogP contribution in [0.3, 0.4) is 0 Å². The van der Waals surface area contributed by atoms with Crippen molar-refractivity contribution in [2.24, 2.45) is 0 Å². The van der Waals surface area contributed by atoms with Crippen molar-refractivity contribution >= 4 is 55.3 Å². The van der Waals surface area contributed by atoms with Crippen LogP contribution in [-0.4, -0.2) is 15.5 Å². The standard InChI is InChI=1S/C7H6I2O3S/c1-12-13(10,11)7-4-5(8)2-3-6(7)9/h2-4H,1H3. The van der Waals surface area contributed by atoms with Gasteiger partial charge in [-0.15, -0.1) is 0 Å². The fraction of sp³-hybridized carbons (Fsp3) is 0.143. The zero-order chi connectivity index (χ0) is 10.1. The second-order valence-electron chi connectivity index (χ2n) is 2.20. The average molecular weight is 424 g/mol. The molecule has 3 nitrogen and oxygen atoms in total. The third kappa shape index (κ3) is 2.77. The molecule has 0 heterocycles. The maximum atomic E-state index is 11.3. The molecule has 6 heteroatoms. The SMILES string of the molecule is COS(=O)(=O)c1cc(I)ccc1I. The molecule has 0 radical (unpaired) electrons. The lowest BCUT2D eigenvalue weighted by Gasteiger charge is -2.03. The quantitative estimate of drug-likeness (QED) is 0.541. The van der Waals surface area contributed by atoms with Crippen molar-refractivity contribution in [2.75, 3.05) is 7.11 Å². The Bertz CT molecular complexity index is 414. The van der Waals surface area contributed by atoms with E-state index in [9.17, 15) is 8.42 Å². The van der Waals surface area contributed by atoms with E-state index < -0.39 is 10.1 Å². The Labute approximate surface area is 104 Å². The first kappa shape index (κ1) is 11.7. The predicted octanol–water partition coefficient (Wildman–Crippen LogP) is 2.23. The van der Waals surface area contributed by atoms with Crippen LogP contribution in [0.15, 0.2) is 23.1 Å². The van der Waals surface area contributed by atoms with E-state index in [1.165, 1.54) is 0 Å². The van der Waals surface area contributed by atoms with Gasteiger partial charge in [0.1, 0.15) is 4.90 Å². The van der Waals surface area contributed by atoms with Crippen LogP contribution in [0.25, 0.3) is 0 Å². The minimum atomic E-state index is -3.56. The van der Waals surface area contributed by atoms with Gasteiger partial charge in [-0.25, -0.2) is 0 Å². The molecule has 0 aromatic heterocycles. The highest BCUT2D eigenvalue weighted by Crippen LogP contribution is 2.21. The van der Waals surface area contributed by atoms with Crippen molar-refractivity contribution in [1.82, 2.24) is 0 Å². The van der Waals surface area contributed by atoms with E-state index >= 15 is 0 Å². The molecule has 1 aromatic rings. The van der Waals surface area contributed by atoms with Gasteiger partial charge in [0.05, 0.1) is 7.11 Å². The van der Waals surface area contributed by atoms with Crippen LogP contribution < -0.4 is 0 Å². The number of benzene rings is 1. The molecule has 13 heavy (non-hydrogen) atoms.